The van der Waals surface area contributed by atoms with E-state index in [9.17, 15) is 9.50 Å². The molecule has 0 aliphatic carbocycles. The van der Waals surface area contributed by atoms with E-state index in [1.54, 1.807) is 6.92 Å². The number of nitrogens with two attached hydrogens (primary N) is 1. The van der Waals surface area contributed by atoms with Crippen LogP contribution in [0.25, 0.3) is 0 Å². The minimum atomic E-state index is -0.482. The Labute approximate surface area is 107 Å². The number of hydrogen-bond acceptors (Lipinski definition) is 4. The highest BCUT2D eigenvalue weighted by Crippen LogP contribution is 2.28. The number of rotatable bonds is 6. The number of halogens is 1. The summed E-state index contributed by atoms with van der Waals surface area (Å²) in [5.41, 5.74) is 6.58. The van der Waals surface area contributed by atoms with E-state index in [2.05, 4.69) is 5.32 Å². The second kappa shape index (κ2) is 6.44. The molecule has 0 amide bonds. The first-order chi connectivity index (χ1) is 8.45. The molecule has 0 bridgehead atoms. The zero-order chi connectivity index (χ0) is 13.7. The van der Waals surface area contributed by atoms with Crippen LogP contribution in [0.3, 0.4) is 0 Å². The van der Waals surface area contributed by atoms with Crippen molar-refractivity contribution in [2.75, 3.05) is 24.2 Å². The first kappa shape index (κ1) is 14.6. The van der Waals surface area contributed by atoms with Crippen LogP contribution in [0.5, 0.6) is 5.75 Å². The molecule has 4 nitrogen and oxygen atoms in total. The number of anilines is 2. The normalized spacial score (nSPS) is 12.6. The Bertz CT molecular complexity index is 397. The van der Waals surface area contributed by atoms with Crippen molar-refractivity contribution >= 4 is 11.4 Å². The summed E-state index contributed by atoms with van der Waals surface area (Å²) >= 11 is 0. The van der Waals surface area contributed by atoms with Gasteiger partial charge in [-0.3, -0.25) is 0 Å². The van der Waals surface area contributed by atoms with E-state index in [0.717, 1.165) is 0 Å². The van der Waals surface area contributed by atoms with Crippen molar-refractivity contribution in [1.29, 1.82) is 0 Å². The molecule has 0 saturated carbocycles. The summed E-state index contributed by atoms with van der Waals surface area (Å²) in [4.78, 5) is 0. The minimum absolute atomic E-state index is 0.144. The molecule has 1 unspecified atom stereocenters. The molecule has 0 aliphatic heterocycles. The largest absolute Gasteiger partial charge is 0.491 e. The molecule has 0 fully saturated rings. The van der Waals surface area contributed by atoms with Gasteiger partial charge < -0.3 is 20.9 Å². The maximum Gasteiger partial charge on any atom is 0.167 e. The summed E-state index contributed by atoms with van der Waals surface area (Å²) in [5, 5.41) is 12.7. The summed E-state index contributed by atoms with van der Waals surface area (Å²) in [7, 11) is 0. The highest BCUT2D eigenvalue weighted by atomic mass is 19.1. The third-order valence-electron chi connectivity index (χ3n) is 2.68. The maximum atomic E-state index is 13.5. The van der Waals surface area contributed by atoms with Gasteiger partial charge in [-0.2, -0.15) is 0 Å². The van der Waals surface area contributed by atoms with Crippen molar-refractivity contribution in [2.45, 2.75) is 26.9 Å². The van der Waals surface area contributed by atoms with Gasteiger partial charge in [0.1, 0.15) is 0 Å². The summed E-state index contributed by atoms with van der Waals surface area (Å²) in [6.45, 7) is 6.37. The molecular formula is C13H21FN2O2. The average molecular weight is 256 g/mol. The van der Waals surface area contributed by atoms with E-state index in [1.807, 2.05) is 13.8 Å². The van der Waals surface area contributed by atoms with Crippen molar-refractivity contribution in [3.05, 3.63) is 17.9 Å². The molecule has 1 rings (SSSR count). The SMILES string of the molecule is CCOc1cc(NCC(O)C(C)C)c(N)cc1F. The van der Waals surface area contributed by atoms with Crippen molar-refractivity contribution in [3.8, 4) is 5.75 Å². The molecule has 1 aromatic carbocycles. The standard InChI is InChI=1S/C13H21FN2O2/c1-4-18-13-6-11(10(15)5-9(13)14)16-7-12(17)8(2)3/h5-6,8,12,16-17H,4,7,15H2,1-3H3. The predicted octanol–water partition coefficient (Wildman–Crippen LogP) is 2.24. The monoisotopic (exact) mass is 256 g/mol. The Morgan fingerprint density at radius 2 is 2.11 bits per heavy atom. The molecular weight excluding hydrogens is 235 g/mol. The summed E-state index contributed by atoms with van der Waals surface area (Å²) in [6.07, 6.45) is -0.481. The molecule has 4 N–H and O–H groups in total. The Kier molecular flexibility index (Phi) is 5.22. The van der Waals surface area contributed by atoms with Crippen LogP contribution in [0.1, 0.15) is 20.8 Å². The lowest BCUT2D eigenvalue weighted by atomic mass is 10.1. The Hall–Kier alpha value is -1.49. The van der Waals surface area contributed by atoms with E-state index in [0.29, 0.717) is 24.5 Å². The first-order valence-electron chi connectivity index (χ1n) is 6.09. The number of aliphatic hydroxyl groups excluding tert-OH is 1. The highest BCUT2D eigenvalue weighted by Gasteiger charge is 2.12. The van der Waals surface area contributed by atoms with Gasteiger partial charge in [0, 0.05) is 18.7 Å². The number of aliphatic hydroxyl groups is 1. The number of nitrogen functional groups attached to an aromatic ring is 1. The van der Waals surface area contributed by atoms with Gasteiger partial charge >= 0.3 is 0 Å². The molecule has 0 aliphatic rings. The number of ether oxygens (including phenoxy) is 1. The Morgan fingerprint density at radius 3 is 2.67 bits per heavy atom. The third-order valence-corrected chi connectivity index (χ3v) is 2.68. The van der Waals surface area contributed by atoms with E-state index in [1.165, 1.54) is 12.1 Å². The van der Waals surface area contributed by atoms with E-state index in [4.69, 9.17) is 10.5 Å². The molecule has 0 saturated heterocycles. The average Bonchev–Trinajstić information content (AvgIpc) is 2.30. The molecule has 18 heavy (non-hydrogen) atoms. The summed E-state index contributed by atoms with van der Waals surface area (Å²) in [6, 6.07) is 2.73. The molecule has 1 aromatic rings. The topological polar surface area (TPSA) is 67.5 Å². The van der Waals surface area contributed by atoms with Crippen molar-refractivity contribution in [2.24, 2.45) is 5.92 Å². The fourth-order valence-electron chi connectivity index (χ4n) is 1.44. The fraction of sp³-hybridized carbons (Fsp3) is 0.538. The van der Waals surface area contributed by atoms with Gasteiger partial charge in [-0.15, -0.1) is 0 Å². The van der Waals surface area contributed by atoms with Crippen molar-refractivity contribution in [3.63, 3.8) is 0 Å². The molecule has 5 heteroatoms. The molecule has 0 radical (unpaired) electrons. The van der Waals surface area contributed by atoms with Gasteiger partial charge in [0.15, 0.2) is 11.6 Å². The molecule has 1 atom stereocenters. The van der Waals surface area contributed by atoms with Crippen molar-refractivity contribution < 1.29 is 14.2 Å². The van der Waals surface area contributed by atoms with Gasteiger partial charge in [0.2, 0.25) is 0 Å². The lowest BCUT2D eigenvalue weighted by Crippen LogP contribution is -2.25. The van der Waals surface area contributed by atoms with Gasteiger partial charge in [-0.25, -0.2) is 4.39 Å². The van der Waals surface area contributed by atoms with Crippen LogP contribution in [0.4, 0.5) is 15.8 Å². The number of hydrogen-bond donors (Lipinski definition) is 3. The predicted molar refractivity (Wildman–Crippen MR) is 71.3 cm³/mol. The lowest BCUT2D eigenvalue weighted by Gasteiger charge is -2.17. The van der Waals surface area contributed by atoms with E-state index >= 15 is 0 Å². The number of nitrogens with one attached hydrogen (secondary N) is 1. The van der Waals surface area contributed by atoms with Crippen LogP contribution >= 0.6 is 0 Å². The molecule has 0 aromatic heterocycles. The van der Waals surface area contributed by atoms with Crippen LogP contribution in [-0.4, -0.2) is 24.4 Å². The molecule has 0 spiro atoms. The quantitative estimate of drug-likeness (QED) is 0.683. The highest BCUT2D eigenvalue weighted by molar-refractivity contribution is 5.68. The van der Waals surface area contributed by atoms with Crippen LogP contribution in [0.2, 0.25) is 0 Å². The van der Waals surface area contributed by atoms with Crippen LogP contribution in [0, 0.1) is 11.7 Å². The lowest BCUT2D eigenvalue weighted by molar-refractivity contribution is 0.138. The van der Waals surface area contributed by atoms with Gasteiger partial charge in [-0.1, -0.05) is 13.8 Å². The minimum Gasteiger partial charge on any atom is -0.491 e. The smallest absolute Gasteiger partial charge is 0.167 e. The molecule has 0 heterocycles. The number of benzene rings is 1. The summed E-state index contributed by atoms with van der Waals surface area (Å²) in [5.74, 6) is -0.178. The second-order valence-electron chi connectivity index (χ2n) is 4.50. The van der Waals surface area contributed by atoms with Crippen LogP contribution in [-0.2, 0) is 0 Å². The van der Waals surface area contributed by atoms with Gasteiger partial charge in [-0.05, 0) is 12.8 Å². The zero-order valence-electron chi connectivity index (χ0n) is 11.0. The van der Waals surface area contributed by atoms with E-state index < -0.39 is 11.9 Å². The van der Waals surface area contributed by atoms with Gasteiger partial charge in [0.05, 0.1) is 24.1 Å². The maximum absolute atomic E-state index is 13.5. The van der Waals surface area contributed by atoms with Gasteiger partial charge in [0.25, 0.3) is 0 Å². The Balaban J connectivity index is 2.78. The summed E-state index contributed by atoms with van der Waals surface area (Å²) < 4.78 is 18.6. The second-order valence-corrected chi connectivity index (χ2v) is 4.50. The van der Waals surface area contributed by atoms with Crippen molar-refractivity contribution in [1.82, 2.24) is 0 Å². The van der Waals surface area contributed by atoms with Crippen LogP contribution in [0.15, 0.2) is 12.1 Å². The zero-order valence-corrected chi connectivity index (χ0v) is 11.0. The third kappa shape index (κ3) is 3.77. The van der Waals surface area contributed by atoms with E-state index in [-0.39, 0.29) is 11.7 Å². The Morgan fingerprint density at radius 1 is 1.44 bits per heavy atom. The van der Waals surface area contributed by atoms with Crippen LogP contribution < -0.4 is 15.8 Å². The first-order valence-corrected chi connectivity index (χ1v) is 6.09. The molecule has 102 valence electrons. The fourth-order valence-corrected chi connectivity index (χ4v) is 1.44.